The molecule has 0 amide bonds. The fourth-order valence-electron chi connectivity index (χ4n) is 2.02. The van der Waals surface area contributed by atoms with Crippen LogP contribution in [0.1, 0.15) is 54.0 Å². The summed E-state index contributed by atoms with van der Waals surface area (Å²) in [6.07, 6.45) is 1.08. The summed E-state index contributed by atoms with van der Waals surface area (Å²) in [5, 5.41) is 0. The topological polar surface area (TPSA) is 34.1 Å². The molecule has 0 aliphatic carbocycles. The van der Waals surface area contributed by atoms with Gasteiger partial charge in [0, 0.05) is 11.1 Å². The molecule has 0 heterocycles. The van der Waals surface area contributed by atoms with Gasteiger partial charge in [0.1, 0.15) is 0 Å². The Morgan fingerprint density at radius 1 is 0.773 bits per heavy atom. The van der Waals surface area contributed by atoms with Crippen LogP contribution in [-0.2, 0) is 6.42 Å². The molecule has 2 heteroatoms. The van der Waals surface area contributed by atoms with Gasteiger partial charge in [-0.15, -0.1) is 0 Å². The lowest BCUT2D eigenvalue weighted by molar-refractivity contribution is 0.100. The van der Waals surface area contributed by atoms with E-state index in [9.17, 15) is 9.59 Å². The maximum Gasteiger partial charge on any atom is 0.159 e. The van der Waals surface area contributed by atoms with Crippen LogP contribution in [0.25, 0.3) is 0 Å². The van der Waals surface area contributed by atoms with Gasteiger partial charge in [-0.2, -0.15) is 0 Å². The molecule has 0 N–H and O–H groups in total. The number of benzene rings is 2. The van der Waals surface area contributed by atoms with Crippen LogP contribution in [0.4, 0.5) is 0 Å². The highest BCUT2D eigenvalue weighted by molar-refractivity contribution is 5.94. The van der Waals surface area contributed by atoms with Crippen molar-refractivity contribution in [3.63, 3.8) is 0 Å². The normalized spacial score (nSPS) is 9.86. The summed E-state index contributed by atoms with van der Waals surface area (Å²) >= 11 is 0. The molecule has 0 unspecified atom stereocenters. The minimum Gasteiger partial charge on any atom is -0.295 e. The Kier molecular flexibility index (Phi) is 7.24. The van der Waals surface area contributed by atoms with Crippen molar-refractivity contribution in [1.29, 1.82) is 0 Å². The lowest BCUT2D eigenvalue weighted by Gasteiger charge is -2.04. The van der Waals surface area contributed by atoms with Crippen molar-refractivity contribution in [2.75, 3.05) is 0 Å². The second-order valence-electron chi connectivity index (χ2n) is 5.77. The molecule has 0 spiro atoms. The van der Waals surface area contributed by atoms with Crippen LogP contribution >= 0.6 is 0 Å². The maximum atomic E-state index is 11.0. The van der Waals surface area contributed by atoms with E-state index in [2.05, 4.69) is 13.8 Å². The second-order valence-corrected chi connectivity index (χ2v) is 5.77. The Bertz CT molecular complexity index is 595. The first-order valence-electron chi connectivity index (χ1n) is 7.56. The van der Waals surface area contributed by atoms with E-state index in [0.29, 0.717) is 5.92 Å². The van der Waals surface area contributed by atoms with Gasteiger partial charge in [0.2, 0.25) is 0 Å². The molecule has 2 aromatic carbocycles. The van der Waals surface area contributed by atoms with Crippen LogP contribution in [0.5, 0.6) is 0 Å². The summed E-state index contributed by atoms with van der Waals surface area (Å²) in [7, 11) is 0. The van der Waals surface area contributed by atoms with Gasteiger partial charge in [0.15, 0.2) is 11.6 Å². The number of Topliss-reactive ketones (excluding diaryl/α,β-unsaturated/α-hetero) is 2. The quantitative estimate of drug-likeness (QED) is 0.746. The van der Waals surface area contributed by atoms with Crippen LogP contribution in [-0.4, -0.2) is 11.6 Å². The first kappa shape index (κ1) is 17.8. The fraction of sp³-hybridized carbons (Fsp3) is 0.300. The average molecular weight is 296 g/mol. The highest BCUT2D eigenvalue weighted by Crippen LogP contribution is 2.09. The fourth-order valence-corrected chi connectivity index (χ4v) is 2.02. The number of hydrogen-bond donors (Lipinski definition) is 0. The first-order chi connectivity index (χ1) is 10.4. The number of hydrogen-bond acceptors (Lipinski definition) is 2. The van der Waals surface area contributed by atoms with Crippen molar-refractivity contribution in [1.82, 2.24) is 0 Å². The van der Waals surface area contributed by atoms with E-state index in [1.165, 1.54) is 5.56 Å². The Morgan fingerprint density at radius 3 is 1.59 bits per heavy atom. The molecule has 0 aliphatic heterocycles. The van der Waals surface area contributed by atoms with Crippen LogP contribution in [0, 0.1) is 5.92 Å². The van der Waals surface area contributed by atoms with E-state index in [-0.39, 0.29) is 11.6 Å². The van der Waals surface area contributed by atoms with Crippen molar-refractivity contribution < 1.29 is 9.59 Å². The summed E-state index contributed by atoms with van der Waals surface area (Å²) in [5.74, 6) is 0.926. The molecule has 116 valence electrons. The lowest BCUT2D eigenvalue weighted by atomic mass is 10.0. The number of ketones is 2. The van der Waals surface area contributed by atoms with Gasteiger partial charge in [0.25, 0.3) is 0 Å². The van der Waals surface area contributed by atoms with Crippen molar-refractivity contribution in [3.05, 3.63) is 71.3 Å². The van der Waals surface area contributed by atoms with E-state index in [1.54, 1.807) is 13.8 Å². The van der Waals surface area contributed by atoms with E-state index in [4.69, 9.17) is 0 Å². The Balaban J connectivity index is 0.000000235. The van der Waals surface area contributed by atoms with E-state index in [1.807, 2.05) is 54.6 Å². The third-order valence-corrected chi connectivity index (χ3v) is 3.18. The molecule has 2 aromatic rings. The standard InChI is InChI=1S/C12H16O.C8H8O/c1-9(2)8-11-4-6-12(7-5-11)10(3)13;1-7(9)8-5-3-2-4-6-8/h4-7,9H,8H2,1-3H3;2-6H,1H3. The van der Waals surface area contributed by atoms with Crippen molar-refractivity contribution in [3.8, 4) is 0 Å². The number of carbonyl (C=O) groups excluding carboxylic acids is 2. The molecular formula is C20H24O2. The molecular weight excluding hydrogens is 272 g/mol. The Morgan fingerprint density at radius 2 is 1.23 bits per heavy atom. The summed E-state index contributed by atoms with van der Waals surface area (Å²) in [6.45, 7) is 7.55. The molecule has 22 heavy (non-hydrogen) atoms. The Labute approximate surface area is 133 Å². The molecule has 0 fully saturated rings. The molecule has 0 saturated heterocycles. The van der Waals surface area contributed by atoms with Gasteiger partial charge in [-0.05, 0) is 31.7 Å². The highest BCUT2D eigenvalue weighted by atomic mass is 16.1. The van der Waals surface area contributed by atoms with Gasteiger partial charge in [-0.3, -0.25) is 9.59 Å². The summed E-state index contributed by atoms with van der Waals surface area (Å²) in [5.41, 5.74) is 2.88. The second kappa shape index (κ2) is 8.93. The van der Waals surface area contributed by atoms with Crippen LogP contribution in [0.3, 0.4) is 0 Å². The van der Waals surface area contributed by atoms with Gasteiger partial charge in [-0.1, -0.05) is 68.4 Å². The van der Waals surface area contributed by atoms with E-state index >= 15 is 0 Å². The zero-order valence-electron chi connectivity index (χ0n) is 13.8. The van der Waals surface area contributed by atoms with E-state index in [0.717, 1.165) is 17.5 Å². The van der Waals surface area contributed by atoms with Crippen molar-refractivity contribution in [2.45, 2.75) is 34.1 Å². The van der Waals surface area contributed by atoms with Gasteiger partial charge in [0.05, 0.1) is 0 Å². The predicted molar refractivity (Wildman–Crippen MR) is 91.4 cm³/mol. The molecule has 0 bridgehead atoms. The van der Waals surface area contributed by atoms with Crippen LogP contribution in [0.2, 0.25) is 0 Å². The average Bonchev–Trinajstić information content (AvgIpc) is 2.48. The summed E-state index contributed by atoms with van der Waals surface area (Å²) in [4.78, 5) is 21.6. The summed E-state index contributed by atoms with van der Waals surface area (Å²) < 4.78 is 0. The van der Waals surface area contributed by atoms with Gasteiger partial charge in [-0.25, -0.2) is 0 Å². The molecule has 0 aromatic heterocycles. The van der Waals surface area contributed by atoms with Crippen LogP contribution in [0.15, 0.2) is 54.6 Å². The molecule has 2 rings (SSSR count). The van der Waals surface area contributed by atoms with E-state index < -0.39 is 0 Å². The molecule has 0 saturated carbocycles. The Hall–Kier alpha value is -2.22. The predicted octanol–water partition coefficient (Wildman–Crippen LogP) is 4.98. The molecule has 0 radical (unpaired) electrons. The van der Waals surface area contributed by atoms with Crippen molar-refractivity contribution >= 4 is 11.6 Å². The summed E-state index contributed by atoms with van der Waals surface area (Å²) in [6, 6.07) is 17.1. The number of carbonyl (C=O) groups is 2. The largest absolute Gasteiger partial charge is 0.295 e. The monoisotopic (exact) mass is 296 g/mol. The third-order valence-electron chi connectivity index (χ3n) is 3.18. The van der Waals surface area contributed by atoms with Gasteiger partial charge < -0.3 is 0 Å². The first-order valence-corrected chi connectivity index (χ1v) is 7.56. The SMILES string of the molecule is CC(=O)c1ccc(CC(C)C)cc1.CC(=O)c1ccccc1. The lowest BCUT2D eigenvalue weighted by Crippen LogP contribution is -1.96. The highest BCUT2D eigenvalue weighted by Gasteiger charge is 2.00. The van der Waals surface area contributed by atoms with Gasteiger partial charge >= 0.3 is 0 Å². The minimum atomic E-state index is 0.121. The zero-order chi connectivity index (χ0) is 16.5. The van der Waals surface area contributed by atoms with Crippen LogP contribution < -0.4 is 0 Å². The molecule has 2 nitrogen and oxygen atoms in total. The minimum absolute atomic E-state index is 0.121. The third kappa shape index (κ3) is 6.49. The smallest absolute Gasteiger partial charge is 0.159 e. The number of rotatable bonds is 4. The maximum absolute atomic E-state index is 11.0. The molecule has 0 atom stereocenters. The zero-order valence-corrected chi connectivity index (χ0v) is 13.8. The van der Waals surface area contributed by atoms with Crippen molar-refractivity contribution in [2.24, 2.45) is 5.92 Å². The molecule has 0 aliphatic rings.